The largest absolute Gasteiger partial charge is 0.384 e. The molecule has 0 aliphatic carbocycles. The number of sulfone groups is 1. The van der Waals surface area contributed by atoms with Crippen LogP contribution >= 0.6 is 0 Å². The van der Waals surface area contributed by atoms with Crippen LogP contribution in [0.4, 0.5) is 25.1 Å². The van der Waals surface area contributed by atoms with Gasteiger partial charge in [0.2, 0.25) is 0 Å². The number of nitrogens with two attached hydrogens (primary N) is 2. The summed E-state index contributed by atoms with van der Waals surface area (Å²) >= 11 is 0. The maximum atomic E-state index is 13.6. The summed E-state index contributed by atoms with van der Waals surface area (Å²) in [5, 5.41) is 2.41. The highest BCUT2D eigenvalue weighted by atomic mass is 32.2. The average molecular weight is 447 g/mol. The Balaban J connectivity index is 2.06. The number of hydrogen-bond acceptors (Lipinski definition) is 6. The first kappa shape index (κ1) is 22.1. The molecule has 1 aromatic heterocycles. The Hall–Kier alpha value is -3.60. The van der Waals surface area contributed by atoms with E-state index in [1.807, 2.05) is 0 Å². The number of nitrogens with one attached hydrogen (secondary N) is 1. The number of halogens is 2. The molecule has 0 spiro atoms. The zero-order valence-corrected chi connectivity index (χ0v) is 17.4. The third-order valence-electron chi connectivity index (χ3n) is 4.59. The van der Waals surface area contributed by atoms with Crippen molar-refractivity contribution in [3.8, 4) is 11.4 Å². The highest BCUT2D eigenvalue weighted by molar-refractivity contribution is 7.92. The van der Waals surface area contributed by atoms with Crippen molar-refractivity contribution in [3.05, 3.63) is 65.9 Å². The molecular formula is C20H19F2N5O3S. The molecule has 11 heteroatoms. The maximum Gasteiger partial charge on any atom is 0.316 e. The topological polar surface area (TPSA) is 141 Å². The maximum absolute atomic E-state index is 13.6. The molecule has 3 rings (SSSR count). The number of hydrogen-bond donors (Lipinski definition) is 3. The lowest BCUT2D eigenvalue weighted by molar-refractivity contribution is 0.259. The van der Waals surface area contributed by atoms with E-state index >= 15 is 0 Å². The van der Waals surface area contributed by atoms with Crippen molar-refractivity contribution in [1.29, 1.82) is 0 Å². The molecular weight excluding hydrogens is 428 g/mol. The molecule has 0 atom stereocenters. The summed E-state index contributed by atoms with van der Waals surface area (Å²) in [4.78, 5) is 18.9. The van der Waals surface area contributed by atoms with Crippen molar-refractivity contribution < 1.29 is 22.0 Å². The number of urea groups is 1. The summed E-state index contributed by atoms with van der Waals surface area (Å²) < 4.78 is 51.9. The molecule has 0 bridgehead atoms. The first-order chi connectivity index (χ1) is 14.4. The molecule has 31 heavy (non-hydrogen) atoms. The molecule has 0 fully saturated rings. The number of primary amides is 1. The van der Waals surface area contributed by atoms with Crippen molar-refractivity contribution in [2.24, 2.45) is 5.73 Å². The van der Waals surface area contributed by atoms with Gasteiger partial charge in [0, 0.05) is 23.4 Å². The van der Waals surface area contributed by atoms with Gasteiger partial charge in [0.1, 0.15) is 22.2 Å². The summed E-state index contributed by atoms with van der Waals surface area (Å²) in [5.74, 6) is -1.88. The van der Waals surface area contributed by atoms with Gasteiger partial charge in [0.15, 0.2) is 15.7 Å². The Morgan fingerprint density at radius 2 is 1.58 bits per heavy atom. The molecule has 2 amide bonds. The van der Waals surface area contributed by atoms with E-state index in [0.29, 0.717) is 17.3 Å². The minimum atomic E-state index is -4.26. The predicted molar refractivity (Wildman–Crippen MR) is 112 cm³/mol. The predicted octanol–water partition coefficient (Wildman–Crippen LogP) is 3.20. The Labute approximate surface area is 177 Å². The number of carbonyl (C=O) groups is 1. The molecule has 162 valence electrons. The minimum absolute atomic E-state index is 0.00744. The van der Waals surface area contributed by atoms with Crippen LogP contribution in [0.25, 0.3) is 11.4 Å². The second-order valence-corrected chi connectivity index (χ2v) is 9.69. The van der Waals surface area contributed by atoms with E-state index in [1.54, 1.807) is 24.3 Å². The fourth-order valence-corrected chi connectivity index (χ4v) is 4.37. The first-order valence-corrected chi connectivity index (χ1v) is 10.4. The summed E-state index contributed by atoms with van der Waals surface area (Å²) in [6.45, 7) is 2.72. The van der Waals surface area contributed by atoms with Gasteiger partial charge in [-0.3, -0.25) is 0 Å². The minimum Gasteiger partial charge on any atom is -0.384 e. The zero-order valence-electron chi connectivity index (χ0n) is 16.6. The molecule has 0 radical (unpaired) electrons. The second kappa shape index (κ2) is 7.91. The summed E-state index contributed by atoms with van der Waals surface area (Å²) in [6.07, 6.45) is 0. The van der Waals surface area contributed by atoms with E-state index in [-0.39, 0.29) is 17.3 Å². The number of amides is 2. The van der Waals surface area contributed by atoms with E-state index in [2.05, 4.69) is 15.3 Å². The van der Waals surface area contributed by atoms with Gasteiger partial charge >= 0.3 is 6.03 Å². The SMILES string of the molecule is CC(C)(c1cc(N)nc(-c2ccc(NC(N)=O)cc2)n1)S(=O)(=O)c1cc(F)cc(F)c1. The monoisotopic (exact) mass is 447 g/mol. The van der Waals surface area contributed by atoms with Crippen LogP contribution in [-0.2, 0) is 14.6 Å². The molecule has 0 unspecified atom stereocenters. The normalized spacial score (nSPS) is 11.9. The molecule has 2 aromatic carbocycles. The number of nitrogen functional groups attached to an aromatic ring is 1. The molecule has 1 heterocycles. The van der Waals surface area contributed by atoms with E-state index in [9.17, 15) is 22.0 Å². The third-order valence-corrected chi connectivity index (χ3v) is 7.00. The molecule has 8 nitrogen and oxygen atoms in total. The van der Waals surface area contributed by atoms with E-state index < -0.39 is 37.1 Å². The lowest BCUT2D eigenvalue weighted by Gasteiger charge is -2.25. The lowest BCUT2D eigenvalue weighted by Crippen LogP contribution is -2.31. The van der Waals surface area contributed by atoms with Crippen LogP contribution in [0.2, 0.25) is 0 Å². The van der Waals surface area contributed by atoms with Crippen LogP contribution in [0.15, 0.2) is 53.4 Å². The van der Waals surface area contributed by atoms with Crippen molar-refractivity contribution in [3.63, 3.8) is 0 Å². The Morgan fingerprint density at radius 3 is 2.13 bits per heavy atom. The van der Waals surface area contributed by atoms with E-state index in [1.165, 1.54) is 19.9 Å². The number of anilines is 2. The van der Waals surface area contributed by atoms with Crippen LogP contribution in [-0.4, -0.2) is 24.4 Å². The second-order valence-electron chi connectivity index (χ2n) is 7.19. The van der Waals surface area contributed by atoms with Crippen molar-refractivity contribution >= 4 is 27.4 Å². The van der Waals surface area contributed by atoms with Gasteiger partial charge in [-0.2, -0.15) is 0 Å². The van der Waals surface area contributed by atoms with Crippen LogP contribution in [0.5, 0.6) is 0 Å². The summed E-state index contributed by atoms with van der Waals surface area (Å²) in [5.41, 5.74) is 11.9. The Morgan fingerprint density at radius 1 is 1.00 bits per heavy atom. The fraction of sp³-hybridized carbons (Fsp3) is 0.150. The van der Waals surface area contributed by atoms with Gasteiger partial charge in [-0.05, 0) is 50.2 Å². The standard InChI is InChI=1S/C20H19F2N5O3S/c1-20(2,31(29,30)15-8-12(21)7-13(22)9-15)16-10-17(23)27-18(26-16)11-3-5-14(6-4-11)25-19(24)28/h3-10H,1-2H3,(H2,23,26,27)(H3,24,25,28). The van der Waals surface area contributed by atoms with Crippen molar-refractivity contribution in [2.75, 3.05) is 11.1 Å². The number of benzene rings is 2. The van der Waals surface area contributed by atoms with Crippen LogP contribution in [0.3, 0.4) is 0 Å². The Bertz CT molecular complexity index is 1240. The average Bonchev–Trinajstić information content (AvgIpc) is 2.66. The number of rotatable bonds is 5. The quantitative estimate of drug-likeness (QED) is 0.548. The van der Waals surface area contributed by atoms with Gasteiger partial charge in [-0.25, -0.2) is 32.0 Å². The van der Waals surface area contributed by atoms with Gasteiger partial charge in [-0.1, -0.05) is 0 Å². The van der Waals surface area contributed by atoms with E-state index in [4.69, 9.17) is 11.5 Å². The fourth-order valence-electron chi connectivity index (χ4n) is 2.86. The molecule has 0 saturated carbocycles. The first-order valence-electron chi connectivity index (χ1n) is 8.93. The molecule has 5 N–H and O–H groups in total. The number of aromatic nitrogens is 2. The molecule has 0 aliphatic heterocycles. The smallest absolute Gasteiger partial charge is 0.316 e. The third kappa shape index (κ3) is 4.45. The number of nitrogens with zero attached hydrogens (tertiary/aromatic N) is 2. The van der Waals surface area contributed by atoms with Crippen LogP contribution < -0.4 is 16.8 Å². The van der Waals surface area contributed by atoms with Gasteiger partial charge in [0.25, 0.3) is 0 Å². The van der Waals surface area contributed by atoms with Crippen molar-refractivity contribution in [1.82, 2.24) is 9.97 Å². The Kier molecular flexibility index (Phi) is 5.64. The summed E-state index contributed by atoms with van der Waals surface area (Å²) in [6, 6.07) is 8.94. The van der Waals surface area contributed by atoms with Gasteiger partial charge < -0.3 is 16.8 Å². The lowest BCUT2D eigenvalue weighted by atomic mass is 10.1. The highest BCUT2D eigenvalue weighted by Crippen LogP contribution is 2.36. The van der Waals surface area contributed by atoms with Gasteiger partial charge in [-0.15, -0.1) is 0 Å². The highest BCUT2D eigenvalue weighted by Gasteiger charge is 2.40. The van der Waals surface area contributed by atoms with Crippen molar-refractivity contribution in [2.45, 2.75) is 23.5 Å². The molecule has 0 saturated heterocycles. The van der Waals surface area contributed by atoms with Crippen LogP contribution in [0.1, 0.15) is 19.5 Å². The molecule has 3 aromatic rings. The molecule has 0 aliphatic rings. The van der Waals surface area contributed by atoms with Gasteiger partial charge in [0.05, 0.1) is 10.6 Å². The van der Waals surface area contributed by atoms with E-state index in [0.717, 1.165) is 12.1 Å². The van der Waals surface area contributed by atoms with Crippen LogP contribution in [0, 0.1) is 11.6 Å². The number of carbonyl (C=O) groups excluding carboxylic acids is 1. The zero-order chi connectivity index (χ0) is 23.0. The summed E-state index contributed by atoms with van der Waals surface area (Å²) in [7, 11) is -4.26.